The quantitative estimate of drug-likeness (QED) is 0.330. The van der Waals surface area contributed by atoms with E-state index in [-0.39, 0.29) is 17.4 Å². The molecule has 2 aromatic carbocycles. The molecule has 0 spiro atoms. The van der Waals surface area contributed by atoms with Crippen LogP contribution in [0.4, 0.5) is 13.2 Å². The molecule has 0 saturated carbocycles. The van der Waals surface area contributed by atoms with Gasteiger partial charge in [-0.25, -0.2) is 15.0 Å². The number of hydrogen-bond acceptors (Lipinski definition) is 5. The molecule has 0 saturated heterocycles. The Morgan fingerprint density at radius 2 is 1.77 bits per heavy atom. The third-order valence-corrected chi connectivity index (χ3v) is 6.70. The second-order valence-corrected chi connectivity index (χ2v) is 9.70. The maximum atomic E-state index is 13.1. The molecule has 39 heavy (non-hydrogen) atoms. The summed E-state index contributed by atoms with van der Waals surface area (Å²) in [5, 5.41) is 18.0. The van der Waals surface area contributed by atoms with Crippen molar-refractivity contribution in [2.45, 2.75) is 32.5 Å². The molecule has 198 valence electrons. The minimum absolute atomic E-state index is 0.145. The van der Waals surface area contributed by atoms with Gasteiger partial charge in [0.15, 0.2) is 17.2 Å². The summed E-state index contributed by atoms with van der Waals surface area (Å²) in [5.41, 5.74) is 4.30. The van der Waals surface area contributed by atoms with Crippen LogP contribution >= 0.6 is 0 Å². The first-order valence-corrected chi connectivity index (χ1v) is 12.2. The van der Waals surface area contributed by atoms with Gasteiger partial charge in [0.25, 0.3) is 0 Å². The molecule has 8 nitrogen and oxygen atoms in total. The first-order chi connectivity index (χ1) is 18.5. The molecule has 3 heterocycles. The molecular formula is C28H25F3N8. The number of imidazole rings is 2. The topological polar surface area (TPSA) is 101 Å². The highest BCUT2D eigenvalue weighted by atomic mass is 19.4. The van der Waals surface area contributed by atoms with E-state index in [1.807, 2.05) is 38.1 Å². The Balaban J connectivity index is 1.52. The molecule has 0 aliphatic rings. The van der Waals surface area contributed by atoms with Gasteiger partial charge in [0.2, 0.25) is 5.62 Å². The molecule has 0 atom stereocenters. The Hall–Kier alpha value is -4.72. The van der Waals surface area contributed by atoms with E-state index in [1.54, 1.807) is 40.6 Å². The zero-order valence-corrected chi connectivity index (χ0v) is 21.7. The highest BCUT2D eigenvalue weighted by molar-refractivity contribution is 5.75. The van der Waals surface area contributed by atoms with Crippen molar-refractivity contribution in [1.82, 2.24) is 28.7 Å². The smallest absolute Gasteiger partial charge is 0.333 e. The van der Waals surface area contributed by atoms with E-state index in [0.717, 1.165) is 22.9 Å². The summed E-state index contributed by atoms with van der Waals surface area (Å²) in [4.78, 5) is 13.2. The van der Waals surface area contributed by atoms with Gasteiger partial charge in [-0.2, -0.15) is 18.4 Å². The number of hydrogen-bond donors (Lipinski definition) is 1. The average molecular weight is 531 g/mol. The van der Waals surface area contributed by atoms with E-state index in [2.05, 4.69) is 16.0 Å². The van der Waals surface area contributed by atoms with Crippen LogP contribution in [0.5, 0.6) is 0 Å². The van der Waals surface area contributed by atoms with Crippen LogP contribution < -0.4 is 5.62 Å². The van der Waals surface area contributed by atoms with E-state index in [4.69, 9.17) is 10.4 Å². The average Bonchev–Trinajstić information content (AvgIpc) is 3.42. The van der Waals surface area contributed by atoms with Crippen molar-refractivity contribution in [2.24, 2.45) is 14.1 Å². The van der Waals surface area contributed by atoms with E-state index in [9.17, 15) is 18.4 Å². The molecule has 1 N–H and O–H groups in total. The monoisotopic (exact) mass is 530 g/mol. The number of halogens is 3. The number of aromatic nitrogens is 6. The van der Waals surface area contributed by atoms with Crippen molar-refractivity contribution in [3.05, 3.63) is 82.9 Å². The third kappa shape index (κ3) is 4.69. The normalized spacial score (nSPS) is 11.9. The standard InChI is InChI=1S/C28H25F3N8/c1-16(2)21-11-18(12-32)7-10-20(21)24-34-13-22-26(36-24)39(27(33)38(22)4)14-17-5-8-19(9-6-17)25-35-23(15-37(25)3)28(29,30)31/h5-11,13,15-16,33H,14H2,1-4H3. The summed E-state index contributed by atoms with van der Waals surface area (Å²) in [5.74, 6) is 0.862. The highest BCUT2D eigenvalue weighted by Crippen LogP contribution is 2.31. The number of nitrogens with zero attached hydrogens (tertiary/aromatic N) is 7. The Bertz CT molecular complexity index is 1800. The summed E-state index contributed by atoms with van der Waals surface area (Å²) in [7, 11) is 3.30. The van der Waals surface area contributed by atoms with Gasteiger partial charge in [0, 0.05) is 31.4 Å². The predicted octanol–water partition coefficient (Wildman–Crippen LogP) is 5.38. The molecule has 0 fully saturated rings. The summed E-state index contributed by atoms with van der Waals surface area (Å²) in [6.45, 7) is 4.41. The van der Waals surface area contributed by atoms with Crippen LogP contribution in [-0.2, 0) is 26.8 Å². The van der Waals surface area contributed by atoms with Crippen LogP contribution in [0.1, 0.15) is 42.1 Å². The van der Waals surface area contributed by atoms with Crippen molar-refractivity contribution in [3.63, 3.8) is 0 Å². The van der Waals surface area contributed by atoms with Gasteiger partial charge in [-0.05, 0) is 35.2 Å². The Morgan fingerprint density at radius 3 is 2.38 bits per heavy atom. The van der Waals surface area contributed by atoms with E-state index < -0.39 is 11.9 Å². The van der Waals surface area contributed by atoms with Crippen molar-refractivity contribution in [3.8, 4) is 28.8 Å². The van der Waals surface area contributed by atoms with Crippen molar-refractivity contribution in [1.29, 1.82) is 10.7 Å². The summed E-state index contributed by atoms with van der Waals surface area (Å²) < 4.78 is 44.1. The van der Waals surface area contributed by atoms with Gasteiger partial charge >= 0.3 is 6.18 Å². The van der Waals surface area contributed by atoms with Crippen molar-refractivity contribution < 1.29 is 13.2 Å². The molecule has 0 aliphatic heterocycles. The van der Waals surface area contributed by atoms with Gasteiger partial charge in [-0.3, -0.25) is 9.98 Å². The van der Waals surface area contributed by atoms with Crippen LogP contribution in [0.3, 0.4) is 0 Å². The first-order valence-electron chi connectivity index (χ1n) is 12.2. The lowest BCUT2D eigenvalue weighted by Crippen LogP contribution is -2.23. The number of alkyl halides is 3. The first kappa shape index (κ1) is 25.9. The zero-order chi connectivity index (χ0) is 28.1. The third-order valence-electron chi connectivity index (χ3n) is 6.70. The van der Waals surface area contributed by atoms with E-state index in [1.165, 1.54) is 11.6 Å². The number of nitrogens with one attached hydrogen (secondary N) is 1. The van der Waals surface area contributed by atoms with E-state index in [0.29, 0.717) is 34.7 Å². The predicted molar refractivity (Wildman–Crippen MR) is 139 cm³/mol. The minimum Gasteiger partial charge on any atom is -0.333 e. The second-order valence-electron chi connectivity index (χ2n) is 9.70. The number of fused-ring (bicyclic) bond motifs is 1. The summed E-state index contributed by atoms with van der Waals surface area (Å²) in [6.07, 6.45) is -1.85. The lowest BCUT2D eigenvalue weighted by atomic mass is 9.95. The largest absolute Gasteiger partial charge is 0.434 e. The Morgan fingerprint density at radius 1 is 1.05 bits per heavy atom. The number of benzene rings is 2. The highest BCUT2D eigenvalue weighted by Gasteiger charge is 2.34. The van der Waals surface area contributed by atoms with Crippen LogP contribution in [-0.4, -0.2) is 28.7 Å². The molecule has 5 rings (SSSR count). The van der Waals surface area contributed by atoms with E-state index >= 15 is 0 Å². The molecular weight excluding hydrogens is 505 g/mol. The second kappa shape index (κ2) is 9.54. The van der Waals surface area contributed by atoms with Crippen LogP contribution in [0, 0.1) is 16.7 Å². The maximum absolute atomic E-state index is 13.1. The van der Waals surface area contributed by atoms with Gasteiger partial charge in [-0.1, -0.05) is 38.1 Å². The van der Waals surface area contributed by atoms with Gasteiger partial charge in [0.1, 0.15) is 11.3 Å². The lowest BCUT2D eigenvalue weighted by molar-refractivity contribution is -0.140. The van der Waals surface area contributed by atoms with Crippen LogP contribution in [0.2, 0.25) is 0 Å². The molecule has 0 aliphatic carbocycles. The van der Waals surface area contributed by atoms with Gasteiger partial charge in [-0.15, -0.1) is 0 Å². The molecule has 0 unspecified atom stereocenters. The summed E-state index contributed by atoms with van der Waals surface area (Å²) >= 11 is 0. The Kier molecular flexibility index (Phi) is 6.34. The molecule has 0 radical (unpaired) electrons. The zero-order valence-electron chi connectivity index (χ0n) is 21.7. The Labute approximate surface area is 222 Å². The van der Waals surface area contributed by atoms with Crippen molar-refractivity contribution >= 4 is 11.2 Å². The minimum atomic E-state index is -4.51. The number of aryl methyl sites for hydroxylation is 2. The number of rotatable bonds is 5. The fourth-order valence-corrected chi connectivity index (χ4v) is 4.60. The fourth-order valence-electron chi connectivity index (χ4n) is 4.60. The molecule has 0 amide bonds. The molecule has 3 aromatic heterocycles. The maximum Gasteiger partial charge on any atom is 0.434 e. The lowest BCUT2D eigenvalue weighted by Gasteiger charge is -2.12. The SMILES string of the molecule is CC(C)c1cc(C#N)ccc1-c1ncc2c(n1)n(Cc1ccc(-c3nc(C(F)(F)F)cn3C)cc1)c(=N)n2C. The van der Waals surface area contributed by atoms with Crippen molar-refractivity contribution in [2.75, 3.05) is 0 Å². The summed E-state index contributed by atoms with van der Waals surface area (Å²) in [6, 6.07) is 14.7. The molecule has 5 aromatic rings. The fraction of sp³-hybridized carbons (Fsp3) is 0.250. The number of nitriles is 1. The molecule has 11 heteroatoms. The van der Waals surface area contributed by atoms with Crippen LogP contribution in [0.25, 0.3) is 33.9 Å². The van der Waals surface area contributed by atoms with Gasteiger partial charge < -0.3 is 9.13 Å². The van der Waals surface area contributed by atoms with Gasteiger partial charge in [0.05, 0.1) is 24.4 Å². The molecule has 0 bridgehead atoms. The van der Waals surface area contributed by atoms with Crippen LogP contribution in [0.15, 0.2) is 54.9 Å².